The summed E-state index contributed by atoms with van der Waals surface area (Å²) in [6.45, 7) is 0. The Morgan fingerprint density at radius 1 is 1.35 bits per heavy atom. The Labute approximate surface area is 119 Å². The van der Waals surface area contributed by atoms with Crippen LogP contribution in [0.1, 0.15) is 4.88 Å². The highest BCUT2D eigenvalue weighted by Gasteiger charge is 2.19. The minimum atomic E-state index is -3.83. The summed E-state index contributed by atoms with van der Waals surface area (Å²) in [5.41, 5.74) is 0.126. The summed E-state index contributed by atoms with van der Waals surface area (Å²) in [5.74, 6) is -0.460. The Balaban J connectivity index is 2.36. The first kappa shape index (κ1) is 14.3. The van der Waals surface area contributed by atoms with E-state index < -0.39 is 15.8 Å². The van der Waals surface area contributed by atoms with Gasteiger partial charge in [-0.3, -0.25) is 4.72 Å². The molecule has 0 aliphatic heterocycles. The second-order valence-corrected chi connectivity index (χ2v) is 6.67. The number of nitrogens with zero attached hydrogens (tertiary/aromatic N) is 1. The van der Waals surface area contributed by atoms with Gasteiger partial charge in [0.15, 0.2) is 0 Å². The number of sulfonamides is 1. The molecule has 1 heterocycles. The molecule has 0 saturated heterocycles. The zero-order chi connectivity index (χ0) is 14.8. The van der Waals surface area contributed by atoms with Crippen LogP contribution in [0.15, 0.2) is 34.5 Å². The van der Waals surface area contributed by atoms with E-state index in [1.165, 1.54) is 25.3 Å². The van der Waals surface area contributed by atoms with Crippen molar-refractivity contribution in [2.45, 2.75) is 4.21 Å². The molecule has 2 aromatic rings. The van der Waals surface area contributed by atoms with Crippen LogP contribution in [0.25, 0.3) is 0 Å². The molecule has 5 nitrogen and oxygen atoms in total. The van der Waals surface area contributed by atoms with Crippen molar-refractivity contribution in [1.29, 1.82) is 5.26 Å². The topological polar surface area (TPSA) is 79.2 Å². The van der Waals surface area contributed by atoms with Gasteiger partial charge in [0.2, 0.25) is 0 Å². The summed E-state index contributed by atoms with van der Waals surface area (Å²) in [7, 11) is -2.52. The minimum Gasteiger partial charge on any atom is -0.494 e. The molecular formula is C12H9FN2O3S2. The molecular weight excluding hydrogens is 303 g/mol. The number of hydrogen-bond donors (Lipinski definition) is 1. The van der Waals surface area contributed by atoms with E-state index in [-0.39, 0.29) is 20.5 Å². The summed E-state index contributed by atoms with van der Waals surface area (Å²) >= 11 is 0.849. The highest BCUT2D eigenvalue weighted by atomic mass is 32.2. The van der Waals surface area contributed by atoms with Crippen LogP contribution < -0.4 is 9.46 Å². The Morgan fingerprint density at radius 2 is 2.10 bits per heavy atom. The average Bonchev–Trinajstić information content (AvgIpc) is 2.90. The Morgan fingerprint density at radius 3 is 2.70 bits per heavy atom. The number of nitrogens with one attached hydrogen (secondary N) is 1. The van der Waals surface area contributed by atoms with Crippen molar-refractivity contribution in [3.05, 3.63) is 41.0 Å². The van der Waals surface area contributed by atoms with Crippen LogP contribution in [0.4, 0.5) is 10.1 Å². The fraction of sp³-hybridized carbons (Fsp3) is 0.0833. The summed E-state index contributed by atoms with van der Waals surface area (Å²) in [6.07, 6.45) is 0. The van der Waals surface area contributed by atoms with E-state index in [2.05, 4.69) is 4.72 Å². The SMILES string of the molecule is COc1cc(F)ccc1NS(=O)(=O)c1ccc(C#N)s1. The lowest BCUT2D eigenvalue weighted by Crippen LogP contribution is -2.12. The van der Waals surface area contributed by atoms with Gasteiger partial charge in [-0.05, 0) is 24.3 Å². The maximum absolute atomic E-state index is 13.0. The van der Waals surface area contributed by atoms with Gasteiger partial charge in [0.1, 0.15) is 26.7 Å². The van der Waals surface area contributed by atoms with E-state index in [1.54, 1.807) is 0 Å². The van der Waals surface area contributed by atoms with E-state index in [0.29, 0.717) is 0 Å². The predicted octanol–water partition coefficient (Wildman–Crippen LogP) is 2.57. The predicted molar refractivity (Wildman–Crippen MR) is 72.8 cm³/mol. The van der Waals surface area contributed by atoms with Crippen molar-refractivity contribution in [3.8, 4) is 11.8 Å². The largest absolute Gasteiger partial charge is 0.494 e. The van der Waals surface area contributed by atoms with Crippen molar-refractivity contribution >= 4 is 27.0 Å². The zero-order valence-electron chi connectivity index (χ0n) is 10.3. The van der Waals surface area contributed by atoms with E-state index in [0.717, 1.165) is 23.5 Å². The van der Waals surface area contributed by atoms with E-state index >= 15 is 0 Å². The van der Waals surface area contributed by atoms with Crippen molar-refractivity contribution in [1.82, 2.24) is 0 Å². The molecule has 0 radical (unpaired) electrons. The van der Waals surface area contributed by atoms with Gasteiger partial charge in [0.05, 0.1) is 12.8 Å². The van der Waals surface area contributed by atoms with Gasteiger partial charge in [0, 0.05) is 6.07 Å². The molecule has 1 N–H and O–H groups in total. The van der Waals surface area contributed by atoms with Gasteiger partial charge in [-0.15, -0.1) is 11.3 Å². The highest BCUT2D eigenvalue weighted by Crippen LogP contribution is 2.29. The van der Waals surface area contributed by atoms with Crippen molar-refractivity contribution in [3.63, 3.8) is 0 Å². The third-order valence-electron chi connectivity index (χ3n) is 2.36. The number of ether oxygens (including phenoxy) is 1. The lowest BCUT2D eigenvalue weighted by molar-refractivity contribution is 0.413. The van der Waals surface area contributed by atoms with Crippen LogP contribution in [0.2, 0.25) is 0 Å². The van der Waals surface area contributed by atoms with Gasteiger partial charge in [-0.25, -0.2) is 12.8 Å². The zero-order valence-corrected chi connectivity index (χ0v) is 11.9. The lowest BCUT2D eigenvalue weighted by atomic mass is 10.3. The van der Waals surface area contributed by atoms with Crippen LogP contribution in [-0.4, -0.2) is 15.5 Å². The maximum atomic E-state index is 13.0. The van der Waals surface area contributed by atoms with Gasteiger partial charge in [-0.2, -0.15) is 5.26 Å². The fourth-order valence-electron chi connectivity index (χ4n) is 1.47. The van der Waals surface area contributed by atoms with Gasteiger partial charge < -0.3 is 4.74 Å². The van der Waals surface area contributed by atoms with Gasteiger partial charge in [-0.1, -0.05) is 0 Å². The average molecular weight is 312 g/mol. The number of hydrogen-bond acceptors (Lipinski definition) is 5. The molecule has 0 aliphatic carbocycles. The summed E-state index contributed by atoms with van der Waals surface area (Å²) in [5, 5.41) is 8.70. The monoisotopic (exact) mass is 312 g/mol. The number of rotatable bonds is 4. The quantitative estimate of drug-likeness (QED) is 0.941. The molecule has 1 aromatic heterocycles. The molecule has 0 unspecified atom stereocenters. The molecule has 0 fully saturated rings. The molecule has 0 bridgehead atoms. The van der Waals surface area contributed by atoms with Gasteiger partial charge >= 0.3 is 0 Å². The number of thiophene rings is 1. The fourth-order valence-corrected chi connectivity index (χ4v) is 3.64. The van der Waals surface area contributed by atoms with Crippen molar-refractivity contribution in [2.24, 2.45) is 0 Å². The van der Waals surface area contributed by atoms with Crippen molar-refractivity contribution < 1.29 is 17.5 Å². The van der Waals surface area contributed by atoms with Crippen LogP contribution in [-0.2, 0) is 10.0 Å². The Kier molecular flexibility index (Phi) is 3.92. The Bertz CT molecular complexity index is 778. The van der Waals surface area contributed by atoms with Crippen LogP contribution in [0.5, 0.6) is 5.75 Å². The molecule has 0 atom stereocenters. The number of anilines is 1. The molecule has 0 aliphatic rings. The van der Waals surface area contributed by atoms with Crippen LogP contribution in [0, 0.1) is 17.1 Å². The van der Waals surface area contributed by atoms with Crippen LogP contribution >= 0.6 is 11.3 Å². The first-order valence-electron chi connectivity index (χ1n) is 5.32. The summed E-state index contributed by atoms with van der Waals surface area (Å²) < 4.78 is 44.5. The van der Waals surface area contributed by atoms with E-state index in [1.807, 2.05) is 6.07 Å². The summed E-state index contributed by atoms with van der Waals surface area (Å²) in [4.78, 5) is 0.288. The normalized spacial score (nSPS) is 10.8. The van der Waals surface area contributed by atoms with E-state index in [9.17, 15) is 12.8 Å². The Hall–Kier alpha value is -2.11. The standard InChI is InChI=1S/C12H9FN2O3S2/c1-18-11-6-8(13)2-4-10(11)15-20(16,17)12-5-3-9(7-14)19-12/h2-6,15H,1H3. The first-order chi connectivity index (χ1) is 9.46. The number of nitriles is 1. The number of benzene rings is 1. The smallest absolute Gasteiger partial charge is 0.271 e. The molecule has 1 aromatic carbocycles. The number of methoxy groups -OCH3 is 1. The van der Waals surface area contributed by atoms with Crippen LogP contribution in [0.3, 0.4) is 0 Å². The molecule has 0 saturated carbocycles. The molecule has 8 heteroatoms. The molecule has 2 rings (SSSR count). The molecule has 0 spiro atoms. The molecule has 104 valence electrons. The third-order valence-corrected chi connectivity index (χ3v) is 5.21. The highest BCUT2D eigenvalue weighted by molar-refractivity contribution is 7.94. The lowest BCUT2D eigenvalue weighted by Gasteiger charge is -2.10. The third kappa shape index (κ3) is 2.89. The van der Waals surface area contributed by atoms with Gasteiger partial charge in [0.25, 0.3) is 10.0 Å². The maximum Gasteiger partial charge on any atom is 0.271 e. The number of halogens is 1. The second kappa shape index (κ2) is 5.48. The second-order valence-electron chi connectivity index (χ2n) is 3.68. The van der Waals surface area contributed by atoms with E-state index in [4.69, 9.17) is 10.00 Å². The molecule has 20 heavy (non-hydrogen) atoms. The summed E-state index contributed by atoms with van der Waals surface area (Å²) in [6, 6.07) is 8.08. The molecule has 0 amide bonds. The first-order valence-corrected chi connectivity index (χ1v) is 7.62. The minimum absolute atomic E-state index is 0.000396. The van der Waals surface area contributed by atoms with Crippen molar-refractivity contribution in [2.75, 3.05) is 11.8 Å².